The van der Waals surface area contributed by atoms with Crippen LogP contribution in [0.15, 0.2) is 200 Å². The molecule has 2 aromatic heterocycles. The van der Waals surface area contributed by atoms with Crippen molar-refractivity contribution >= 4 is 83.3 Å². The Kier molecular flexibility index (Phi) is 7.46. The number of rotatable bonds is 4. The fourth-order valence-corrected chi connectivity index (χ4v) is 14.3. The van der Waals surface area contributed by atoms with E-state index < -0.39 is 8.07 Å². The molecule has 0 fully saturated rings. The van der Waals surface area contributed by atoms with Gasteiger partial charge in [0.15, 0.2) is 5.82 Å². The first-order chi connectivity index (χ1) is 30.5. The number of nitrogens with zero attached hydrogens (tertiary/aromatic N) is 3. The molecule has 0 amide bonds. The van der Waals surface area contributed by atoms with Crippen LogP contribution in [0.1, 0.15) is 0 Å². The Hall–Kier alpha value is -7.66. The molecule has 0 N–H and O–H groups in total. The Morgan fingerprint density at radius 3 is 1.66 bits per heavy atom. The summed E-state index contributed by atoms with van der Waals surface area (Å²) in [5, 5.41) is 15.6. The van der Waals surface area contributed by atoms with Crippen molar-refractivity contribution < 1.29 is 0 Å². The van der Waals surface area contributed by atoms with Gasteiger partial charge in [-0.2, -0.15) is 0 Å². The Labute approximate surface area is 360 Å². The second kappa shape index (κ2) is 13.2. The molecule has 62 heavy (non-hydrogen) atoms. The number of benzene rings is 10. The van der Waals surface area contributed by atoms with Crippen LogP contribution in [0.2, 0.25) is 13.1 Å². The Bertz CT molecular complexity index is 3790. The summed E-state index contributed by atoms with van der Waals surface area (Å²) >= 11 is 0. The fraction of sp³-hybridized carbons (Fsp3) is 0.0345. The zero-order valence-corrected chi connectivity index (χ0v) is 35.4. The zero-order chi connectivity index (χ0) is 41.1. The molecule has 0 saturated heterocycles. The van der Waals surface area contributed by atoms with E-state index in [9.17, 15) is 0 Å². The Balaban J connectivity index is 1.16. The van der Waals surface area contributed by atoms with E-state index in [1.165, 1.54) is 80.9 Å². The van der Waals surface area contributed by atoms with E-state index in [0.29, 0.717) is 0 Å². The molecule has 0 spiro atoms. The zero-order valence-electron chi connectivity index (χ0n) is 34.4. The average Bonchev–Trinajstić information content (AvgIpc) is 3.80. The normalized spacial score (nSPS) is 13.1. The van der Waals surface area contributed by atoms with Gasteiger partial charge in [0, 0.05) is 33.2 Å². The second-order valence-electron chi connectivity index (χ2n) is 17.3. The molecule has 3 heterocycles. The van der Waals surface area contributed by atoms with Gasteiger partial charge in [0.1, 0.15) is 8.07 Å². The van der Waals surface area contributed by atoms with E-state index in [1.807, 2.05) is 0 Å². The van der Waals surface area contributed by atoms with Gasteiger partial charge in [-0.25, -0.2) is 9.97 Å². The molecule has 0 atom stereocenters. The molecule has 0 unspecified atom stereocenters. The Morgan fingerprint density at radius 2 is 0.935 bits per heavy atom. The highest BCUT2D eigenvalue weighted by Gasteiger charge is 2.40. The highest BCUT2D eigenvalue weighted by molar-refractivity contribution is 7.05. The van der Waals surface area contributed by atoms with Crippen LogP contribution in [0, 0.1) is 0 Å². The number of fused-ring (bicyclic) bond motifs is 15. The van der Waals surface area contributed by atoms with Crippen LogP contribution in [0.3, 0.4) is 0 Å². The van der Waals surface area contributed by atoms with Gasteiger partial charge in [0.2, 0.25) is 0 Å². The third-order valence-corrected chi connectivity index (χ3v) is 17.1. The summed E-state index contributed by atoms with van der Waals surface area (Å²) in [6.45, 7) is 5.06. The van der Waals surface area contributed by atoms with Gasteiger partial charge in [-0.05, 0) is 101 Å². The van der Waals surface area contributed by atoms with Crippen LogP contribution in [-0.2, 0) is 0 Å². The van der Waals surface area contributed by atoms with Crippen molar-refractivity contribution in [2.24, 2.45) is 0 Å². The predicted molar refractivity (Wildman–Crippen MR) is 265 cm³/mol. The first kappa shape index (κ1) is 35.1. The minimum atomic E-state index is -2.19. The van der Waals surface area contributed by atoms with Gasteiger partial charge >= 0.3 is 0 Å². The maximum atomic E-state index is 5.62. The maximum absolute atomic E-state index is 5.62. The molecule has 1 aliphatic rings. The van der Waals surface area contributed by atoms with E-state index in [-0.39, 0.29) is 0 Å². The summed E-state index contributed by atoms with van der Waals surface area (Å²) in [6.07, 6.45) is 0. The second-order valence-corrected chi connectivity index (χ2v) is 21.6. The van der Waals surface area contributed by atoms with Crippen LogP contribution in [0.5, 0.6) is 0 Å². The first-order valence-electron chi connectivity index (χ1n) is 21.5. The topological polar surface area (TPSA) is 30.7 Å². The molecule has 4 heteroatoms. The number of para-hydroxylation sites is 2. The van der Waals surface area contributed by atoms with Crippen LogP contribution in [0.25, 0.3) is 116 Å². The van der Waals surface area contributed by atoms with E-state index in [0.717, 1.165) is 45.1 Å². The number of hydrogen-bond acceptors (Lipinski definition) is 2. The molecule has 13 rings (SSSR count). The van der Waals surface area contributed by atoms with E-state index >= 15 is 0 Å². The highest BCUT2D eigenvalue weighted by Crippen LogP contribution is 2.45. The smallest absolute Gasteiger partial charge is 0.161 e. The van der Waals surface area contributed by atoms with Gasteiger partial charge in [-0.15, -0.1) is 0 Å². The van der Waals surface area contributed by atoms with Gasteiger partial charge in [0.25, 0.3) is 0 Å². The molecule has 1 aliphatic heterocycles. The van der Waals surface area contributed by atoms with Crippen molar-refractivity contribution in [1.82, 2.24) is 14.5 Å². The van der Waals surface area contributed by atoms with Crippen molar-refractivity contribution in [3.05, 3.63) is 200 Å². The maximum Gasteiger partial charge on any atom is 0.161 e. The molecule has 0 saturated carbocycles. The Morgan fingerprint density at radius 1 is 0.371 bits per heavy atom. The molecule has 0 radical (unpaired) electrons. The fourth-order valence-electron chi connectivity index (χ4n) is 10.8. The van der Waals surface area contributed by atoms with Gasteiger partial charge < -0.3 is 4.57 Å². The molecule has 12 aromatic rings. The lowest BCUT2D eigenvalue weighted by Gasteiger charge is -2.22. The lowest BCUT2D eigenvalue weighted by Crippen LogP contribution is -2.49. The summed E-state index contributed by atoms with van der Waals surface area (Å²) in [7, 11) is -2.19. The quantitative estimate of drug-likeness (QED) is 0.131. The lowest BCUT2D eigenvalue weighted by atomic mass is 9.92. The standard InChI is InChI=1S/C58H39N3Si/c1-62(2)54-28-16-14-25-44(54)46-32-31-45-49(34-53-55(56(45)57(46)62)47-26-13-15-27-52(47)61(53)38-19-7-4-8-20-38)58-59-50(36-17-5-3-6-18-36)35-51(60-58)37-29-30-43-41-23-10-9-21-39(41)40-22-11-12-24-42(40)48(43)33-37/h3-35H,1-2H3. The lowest BCUT2D eigenvalue weighted by molar-refractivity contribution is 1.17. The average molecular weight is 806 g/mol. The predicted octanol–water partition coefficient (Wildman–Crippen LogP) is 14.0. The van der Waals surface area contributed by atoms with Crippen molar-refractivity contribution in [3.8, 4) is 50.7 Å². The van der Waals surface area contributed by atoms with Crippen LogP contribution < -0.4 is 10.4 Å². The third kappa shape index (κ3) is 4.99. The van der Waals surface area contributed by atoms with E-state index in [1.54, 1.807) is 0 Å². The van der Waals surface area contributed by atoms with Gasteiger partial charge in [-0.3, -0.25) is 0 Å². The third-order valence-electron chi connectivity index (χ3n) is 13.5. The van der Waals surface area contributed by atoms with Crippen molar-refractivity contribution in [1.29, 1.82) is 0 Å². The molecular weight excluding hydrogens is 767 g/mol. The minimum Gasteiger partial charge on any atom is -0.309 e. The van der Waals surface area contributed by atoms with Crippen molar-refractivity contribution in [2.75, 3.05) is 0 Å². The molecule has 3 nitrogen and oxygen atoms in total. The molecule has 0 aliphatic carbocycles. The largest absolute Gasteiger partial charge is 0.309 e. The van der Waals surface area contributed by atoms with Gasteiger partial charge in [-0.1, -0.05) is 177 Å². The molecule has 0 bridgehead atoms. The molecule has 10 aromatic carbocycles. The minimum absolute atomic E-state index is 0.719. The monoisotopic (exact) mass is 805 g/mol. The van der Waals surface area contributed by atoms with Crippen molar-refractivity contribution in [2.45, 2.75) is 13.1 Å². The molecule has 290 valence electrons. The van der Waals surface area contributed by atoms with E-state index in [4.69, 9.17) is 9.97 Å². The van der Waals surface area contributed by atoms with Crippen LogP contribution in [0.4, 0.5) is 0 Å². The summed E-state index contributed by atoms with van der Waals surface area (Å²) in [4.78, 5) is 11.1. The SMILES string of the molecule is C[Si]1(C)c2ccccc2-c2ccc3c(-c4nc(-c5ccccc5)cc(-c5ccc6c7ccccc7c7ccccc7c6c5)n4)cc4c(c5ccccc5n4-c4ccccc4)c3c21. The molecular formula is C58H39N3Si. The van der Waals surface area contributed by atoms with Crippen molar-refractivity contribution in [3.63, 3.8) is 0 Å². The van der Waals surface area contributed by atoms with Gasteiger partial charge in [0.05, 0.1) is 22.4 Å². The van der Waals surface area contributed by atoms with Crippen LogP contribution >= 0.6 is 0 Å². The summed E-state index contributed by atoms with van der Waals surface area (Å²) < 4.78 is 2.45. The summed E-state index contributed by atoms with van der Waals surface area (Å²) in [5.41, 5.74) is 11.2. The summed E-state index contributed by atoms with van der Waals surface area (Å²) in [6, 6.07) is 73.1. The van der Waals surface area contributed by atoms with E-state index in [2.05, 4.69) is 218 Å². The highest BCUT2D eigenvalue weighted by atomic mass is 28.3. The first-order valence-corrected chi connectivity index (χ1v) is 24.5. The number of hydrogen-bond donors (Lipinski definition) is 0. The summed E-state index contributed by atoms with van der Waals surface area (Å²) in [5.74, 6) is 0.719. The number of aromatic nitrogens is 3. The van der Waals surface area contributed by atoms with Crippen LogP contribution in [-0.4, -0.2) is 22.6 Å².